The fraction of sp³-hybridized carbons (Fsp3) is 0.222. The van der Waals surface area contributed by atoms with Crippen molar-refractivity contribution < 1.29 is 32.8 Å². The van der Waals surface area contributed by atoms with Crippen LogP contribution in [0.1, 0.15) is 22.0 Å². The maximum atomic E-state index is 13.8. The summed E-state index contributed by atoms with van der Waals surface area (Å²) in [5, 5.41) is 25.0. The highest BCUT2D eigenvalue weighted by molar-refractivity contribution is 6.00. The molecule has 2 aromatic rings. The Hall–Kier alpha value is -3.47. The van der Waals surface area contributed by atoms with Gasteiger partial charge in [-0.05, 0) is 5.56 Å². The van der Waals surface area contributed by atoms with Gasteiger partial charge in [0.2, 0.25) is 5.72 Å². The van der Waals surface area contributed by atoms with Gasteiger partial charge < -0.3 is 15.7 Å². The lowest BCUT2D eigenvalue weighted by molar-refractivity contribution is -0.385. The van der Waals surface area contributed by atoms with Crippen molar-refractivity contribution in [2.45, 2.75) is 17.9 Å². The van der Waals surface area contributed by atoms with Gasteiger partial charge in [-0.3, -0.25) is 14.9 Å². The van der Waals surface area contributed by atoms with E-state index in [9.17, 15) is 38.0 Å². The van der Waals surface area contributed by atoms with Gasteiger partial charge in [0.05, 0.1) is 11.0 Å². The van der Waals surface area contributed by atoms with E-state index in [0.717, 1.165) is 12.1 Å². The minimum Gasteiger partial charge on any atom is -0.363 e. The third-order valence-corrected chi connectivity index (χ3v) is 4.59. The number of amides is 2. The molecule has 1 saturated heterocycles. The van der Waals surface area contributed by atoms with Crippen LogP contribution in [0.4, 0.5) is 23.7 Å². The maximum absolute atomic E-state index is 13.8. The van der Waals surface area contributed by atoms with Crippen molar-refractivity contribution in [3.63, 3.8) is 0 Å². The van der Waals surface area contributed by atoms with Crippen molar-refractivity contribution in [3.05, 3.63) is 75.8 Å². The molecule has 1 aliphatic rings. The number of aliphatic hydroxyl groups is 1. The standard InChI is InChI=1S/C18H14F3N3O5/c19-18(20,21)17(27)13(15(25)10-5-2-1-3-6-10)14(22-16(26)23-17)11-7-4-8-12(9-11)24(28)29/h1-9,13-14,27H,(H2,22,23,26)/t13-,14-,17-/m0/s1. The molecule has 2 amide bonds. The molecule has 1 heterocycles. The van der Waals surface area contributed by atoms with Crippen molar-refractivity contribution >= 4 is 17.5 Å². The fourth-order valence-corrected chi connectivity index (χ4v) is 3.23. The van der Waals surface area contributed by atoms with Gasteiger partial charge in [0, 0.05) is 17.7 Å². The zero-order valence-corrected chi connectivity index (χ0v) is 14.5. The van der Waals surface area contributed by atoms with Crippen LogP contribution in [0.3, 0.4) is 0 Å². The van der Waals surface area contributed by atoms with E-state index in [4.69, 9.17) is 0 Å². The average Bonchev–Trinajstić information content (AvgIpc) is 2.67. The molecule has 11 heteroatoms. The first-order chi connectivity index (χ1) is 13.5. The number of nitrogens with zero attached hydrogens (tertiary/aromatic N) is 1. The van der Waals surface area contributed by atoms with Crippen LogP contribution in [-0.4, -0.2) is 33.7 Å². The molecule has 0 spiro atoms. The smallest absolute Gasteiger partial charge is 0.363 e. The number of alkyl halides is 3. The average molecular weight is 409 g/mol. The molecule has 0 aliphatic carbocycles. The molecule has 1 aliphatic heterocycles. The van der Waals surface area contributed by atoms with Crippen LogP contribution in [0, 0.1) is 16.0 Å². The van der Waals surface area contributed by atoms with Crippen LogP contribution in [0.2, 0.25) is 0 Å². The first-order valence-corrected chi connectivity index (χ1v) is 8.26. The highest BCUT2D eigenvalue weighted by atomic mass is 19.4. The van der Waals surface area contributed by atoms with Gasteiger partial charge in [-0.25, -0.2) is 4.79 Å². The van der Waals surface area contributed by atoms with Crippen LogP contribution in [0.25, 0.3) is 0 Å². The van der Waals surface area contributed by atoms with E-state index < -0.39 is 46.3 Å². The number of ketones is 1. The monoisotopic (exact) mass is 409 g/mol. The van der Waals surface area contributed by atoms with Crippen LogP contribution in [-0.2, 0) is 0 Å². The number of urea groups is 1. The quantitative estimate of drug-likeness (QED) is 0.407. The Morgan fingerprint density at radius 3 is 2.38 bits per heavy atom. The summed E-state index contributed by atoms with van der Waals surface area (Å²) in [4.78, 5) is 35.2. The van der Waals surface area contributed by atoms with Crippen LogP contribution >= 0.6 is 0 Å². The highest BCUT2D eigenvalue weighted by Gasteiger charge is 2.66. The largest absolute Gasteiger partial charge is 0.437 e. The Balaban J connectivity index is 2.18. The summed E-state index contributed by atoms with van der Waals surface area (Å²) in [5.74, 6) is -3.35. The number of nitro benzene ring substituents is 1. The van der Waals surface area contributed by atoms with Crippen molar-refractivity contribution in [2.24, 2.45) is 5.92 Å². The van der Waals surface area contributed by atoms with Crippen LogP contribution in [0.15, 0.2) is 54.6 Å². The van der Waals surface area contributed by atoms with Crippen molar-refractivity contribution in [2.75, 3.05) is 0 Å². The minimum absolute atomic E-state index is 0.131. The Morgan fingerprint density at radius 2 is 1.79 bits per heavy atom. The Labute approximate surface area is 161 Å². The van der Waals surface area contributed by atoms with E-state index in [2.05, 4.69) is 5.32 Å². The third-order valence-electron chi connectivity index (χ3n) is 4.59. The van der Waals surface area contributed by atoms with Crippen molar-refractivity contribution in [1.29, 1.82) is 0 Å². The van der Waals surface area contributed by atoms with Gasteiger partial charge in [0.15, 0.2) is 5.78 Å². The predicted molar refractivity (Wildman–Crippen MR) is 92.8 cm³/mol. The molecule has 3 rings (SSSR count). The van der Waals surface area contributed by atoms with E-state index >= 15 is 0 Å². The SMILES string of the molecule is O=C1N[C@@H](c2cccc([N+](=O)[O-])c2)[C@@H](C(=O)c2ccccc2)[C@](O)(C(F)(F)F)N1. The predicted octanol–water partition coefficient (Wildman–Crippen LogP) is 2.70. The second-order valence-electron chi connectivity index (χ2n) is 6.40. The number of non-ortho nitro benzene ring substituents is 1. The van der Waals surface area contributed by atoms with Gasteiger partial charge in [0.25, 0.3) is 5.69 Å². The molecule has 2 aromatic carbocycles. The number of carbonyl (C=O) groups is 2. The summed E-state index contributed by atoms with van der Waals surface area (Å²) in [7, 11) is 0. The molecule has 0 unspecified atom stereocenters. The molecular formula is C18H14F3N3O5. The number of halogens is 3. The number of hydrogen-bond donors (Lipinski definition) is 3. The van der Waals surface area contributed by atoms with E-state index in [1.54, 1.807) is 6.07 Å². The summed E-state index contributed by atoms with van der Waals surface area (Å²) in [5.41, 5.74) is -4.60. The Kier molecular flexibility index (Phi) is 5.01. The lowest BCUT2D eigenvalue weighted by Crippen LogP contribution is -2.72. The number of rotatable bonds is 4. The van der Waals surface area contributed by atoms with E-state index in [-0.39, 0.29) is 11.1 Å². The zero-order valence-electron chi connectivity index (χ0n) is 14.5. The second kappa shape index (κ2) is 7.17. The molecule has 152 valence electrons. The van der Waals surface area contributed by atoms with E-state index in [1.807, 2.05) is 0 Å². The molecule has 8 nitrogen and oxygen atoms in total. The maximum Gasteiger partial charge on any atom is 0.437 e. The molecular weight excluding hydrogens is 395 g/mol. The lowest BCUT2D eigenvalue weighted by atomic mass is 9.77. The summed E-state index contributed by atoms with van der Waals surface area (Å²) < 4.78 is 41.3. The molecule has 0 aromatic heterocycles. The van der Waals surface area contributed by atoms with Gasteiger partial charge >= 0.3 is 12.2 Å². The van der Waals surface area contributed by atoms with Gasteiger partial charge in [0.1, 0.15) is 5.92 Å². The van der Waals surface area contributed by atoms with Crippen LogP contribution in [0.5, 0.6) is 0 Å². The summed E-state index contributed by atoms with van der Waals surface area (Å²) >= 11 is 0. The number of nitrogens with one attached hydrogen (secondary N) is 2. The molecule has 3 atom stereocenters. The summed E-state index contributed by atoms with van der Waals surface area (Å²) in [6.07, 6.45) is -5.40. The van der Waals surface area contributed by atoms with Crippen LogP contribution < -0.4 is 10.6 Å². The molecule has 0 radical (unpaired) electrons. The minimum atomic E-state index is -5.40. The zero-order chi connectivity index (χ0) is 21.4. The third kappa shape index (κ3) is 3.63. The molecule has 1 fully saturated rings. The molecule has 0 saturated carbocycles. The van der Waals surface area contributed by atoms with Crippen molar-refractivity contribution in [1.82, 2.24) is 10.6 Å². The topological polar surface area (TPSA) is 122 Å². The summed E-state index contributed by atoms with van der Waals surface area (Å²) in [6.45, 7) is 0. The van der Waals surface area contributed by atoms with E-state index in [1.165, 1.54) is 41.7 Å². The first-order valence-electron chi connectivity index (χ1n) is 8.26. The highest BCUT2D eigenvalue weighted by Crippen LogP contribution is 2.44. The molecule has 3 N–H and O–H groups in total. The number of nitro groups is 1. The second-order valence-corrected chi connectivity index (χ2v) is 6.40. The molecule has 0 bridgehead atoms. The van der Waals surface area contributed by atoms with Gasteiger partial charge in [-0.15, -0.1) is 0 Å². The van der Waals surface area contributed by atoms with E-state index in [0.29, 0.717) is 0 Å². The van der Waals surface area contributed by atoms with Gasteiger partial charge in [-0.1, -0.05) is 42.5 Å². The summed E-state index contributed by atoms with van der Waals surface area (Å²) in [6, 6.07) is 8.36. The fourth-order valence-electron chi connectivity index (χ4n) is 3.23. The van der Waals surface area contributed by atoms with Gasteiger partial charge in [-0.2, -0.15) is 13.2 Å². The van der Waals surface area contributed by atoms with Crippen molar-refractivity contribution in [3.8, 4) is 0 Å². The molecule has 29 heavy (non-hydrogen) atoms. The number of hydrogen-bond acceptors (Lipinski definition) is 5. The normalized spacial score (nSPS) is 24.3. The Morgan fingerprint density at radius 1 is 1.14 bits per heavy atom. The number of Topliss-reactive ketones (excluding diaryl/α,β-unsaturated/α-hetero) is 1. The Bertz CT molecular complexity index is 967. The lowest BCUT2D eigenvalue weighted by Gasteiger charge is -2.45. The first kappa shape index (κ1) is 20.3. The number of benzene rings is 2. The number of carbonyl (C=O) groups excluding carboxylic acids is 2.